The highest BCUT2D eigenvalue weighted by molar-refractivity contribution is 5.93. The summed E-state index contributed by atoms with van der Waals surface area (Å²) in [4.78, 5) is 35.1. The zero-order valence-electron chi connectivity index (χ0n) is 14.4. The number of hydrogen-bond donors (Lipinski definition) is 2. The maximum atomic E-state index is 12.0. The number of benzene rings is 1. The van der Waals surface area contributed by atoms with Crippen molar-refractivity contribution in [3.8, 4) is 5.75 Å². The molecule has 1 aliphatic heterocycles. The number of hydrogen-bond acceptors (Lipinski definition) is 6. The van der Waals surface area contributed by atoms with Gasteiger partial charge in [0.05, 0.1) is 24.4 Å². The van der Waals surface area contributed by atoms with Gasteiger partial charge in [0.15, 0.2) is 0 Å². The molecule has 1 aliphatic rings. The molecule has 0 saturated carbocycles. The molecule has 1 aromatic carbocycles. The minimum Gasteiger partial charge on any atom is -0.487 e. The van der Waals surface area contributed by atoms with Crippen LogP contribution < -0.4 is 21.0 Å². The van der Waals surface area contributed by atoms with Crippen LogP contribution in [0.25, 0.3) is 11.0 Å². The number of esters is 1. The van der Waals surface area contributed by atoms with E-state index in [0.29, 0.717) is 22.6 Å². The predicted octanol–water partition coefficient (Wildman–Crippen LogP) is 1.61. The zero-order chi connectivity index (χ0) is 18.7. The van der Waals surface area contributed by atoms with Crippen molar-refractivity contribution in [2.24, 2.45) is 0 Å². The molecule has 136 valence electrons. The third-order valence-electron chi connectivity index (χ3n) is 3.88. The van der Waals surface area contributed by atoms with Crippen molar-refractivity contribution in [2.75, 3.05) is 19.8 Å². The smallest absolute Gasteiger partial charge is 0.337 e. The number of carbonyl (C=O) groups is 2. The Kier molecular flexibility index (Phi) is 4.92. The first-order chi connectivity index (χ1) is 12.5. The van der Waals surface area contributed by atoms with Gasteiger partial charge in [-0.3, -0.25) is 0 Å². The van der Waals surface area contributed by atoms with Crippen LogP contribution in [0.15, 0.2) is 44.7 Å². The molecule has 0 fully saturated rings. The monoisotopic (exact) mass is 358 g/mol. The SMILES string of the molecule is CCOC(=O)C1=C(COc2ccc3c(C)cc(=O)oc3c2)NC(=O)NC1. The molecule has 2 aromatic rings. The molecule has 0 atom stereocenters. The molecule has 2 N–H and O–H groups in total. The number of ether oxygens (including phenoxy) is 2. The van der Waals surface area contributed by atoms with Gasteiger partial charge >= 0.3 is 17.6 Å². The highest BCUT2D eigenvalue weighted by Gasteiger charge is 2.24. The van der Waals surface area contributed by atoms with Gasteiger partial charge < -0.3 is 24.5 Å². The second kappa shape index (κ2) is 7.30. The summed E-state index contributed by atoms with van der Waals surface area (Å²) in [5.41, 5.74) is 1.40. The number of nitrogens with one attached hydrogen (secondary N) is 2. The van der Waals surface area contributed by atoms with Gasteiger partial charge in [0.2, 0.25) is 0 Å². The van der Waals surface area contributed by atoms with Crippen LogP contribution in [0.1, 0.15) is 12.5 Å². The summed E-state index contributed by atoms with van der Waals surface area (Å²) in [6, 6.07) is 6.10. The van der Waals surface area contributed by atoms with Gasteiger partial charge in [-0.2, -0.15) is 0 Å². The fourth-order valence-electron chi connectivity index (χ4n) is 2.62. The van der Waals surface area contributed by atoms with E-state index in [2.05, 4.69) is 10.6 Å². The molecule has 26 heavy (non-hydrogen) atoms. The van der Waals surface area contributed by atoms with E-state index in [9.17, 15) is 14.4 Å². The van der Waals surface area contributed by atoms with Crippen LogP contribution in [-0.2, 0) is 9.53 Å². The number of fused-ring (bicyclic) bond motifs is 1. The van der Waals surface area contributed by atoms with Crippen LogP contribution in [0.2, 0.25) is 0 Å². The summed E-state index contributed by atoms with van der Waals surface area (Å²) in [6.07, 6.45) is 0. The van der Waals surface area contributed by atoms with E-state index in [0.717, 1.165) is 10.9 Å². The lowest BCUT2D eigenvalue weighted by Crippen LogP contribution is -2.45. The summed E-state index contributed by atoms with van der Waals surface area (Å²) >= 11 is 0. The third-order valence-corrected chi connectivity index (χ3v) is 3.88. The average Bonchev–Trinajstić information content (AvgIpc) is 2.59. The molecule has 3 rings (SSSR count). The minimum atomic E-state index is -0.515. The van der Waals surface area contributed by atoms with Crippen molar-refractivity contribution >= 4 is 23.0 Å². The lowest BCUT2D eigenvalue weighted by molar-refractivity contribution is -0.138. The molecular formula is C18H18N2O6. The van der Waals surface area contributed by atoms with E-state index in [4.69, 9.17) is 13.9 Å². The van der Waals surface area contributed by atoms with E-state index >= 15 is 0 Å². The van der Waals surface area contributed by atoms with Crippen LogP contribution in [0.3, 0.4) is 0 Å². The Hall–Kier alpha value is -3.29. The first kappa shape index (κ1) is 17.5. The summed E-state index contributed by atoms with van der Waals surface area (Å²) in [7, 11) is 0. The Morgan fingerprint density at radius 1 is 1.27 bits per heavy atom. The Bertz CT molecular complexity index is 960. The lowest BCUT2D eigenvalue weighted by atomic mass is 10.1. The molecule has 0 spiro atoms. The van der Waals surface area contributed by atoms with E-state index in [-0.39, 0.29) is 19.8 Å². The quantitative estimate of drug-likeness (QED) is 0.621. The standard InChI is InChI=1S/C18H18N2O6/c1-3-24-17(22)13-8-19-18(23)20-14(13)9-25-11-4-5-12-10(2)6-16(21)26-15(12)7-11/h4-7H,3,8-9H2,1-2H3,(H2,19,20,23). The van der Waals surface area contributed by atoms with Gasteiger partial charge in [-0.25, -0.2) is 14.4 Å². The molecule has 0 unspecified atom stereocenters. The van der Waals surface area contributed by atoms with Crippen molar-refractivity contribution in [3.63, 3.8) is 0 Å². The van der Waals surface area contributed by atoms with E-state index < -0.39 is 17.6 Å². The molecule has 0 saturated heterocycles. The Balaban J connectivity index is 1.84. The van der Waals surface area contributed by atoms with Crippen molar-refractivity contribution in [2.45, 2.75) is 13.8 Å². The van der Waals surface area contributed by atoms with E-state index in [1.165, 1.54) is 6.07 Å². The van der Waals surface area contributed by atoms with E-state index in [1.54, 1.807) is 25.1 Å². The largest absolute Gasteiger partial charge is 0.487 e. The molecule has 0 radical (unpaired) electrons. The molecule has 8 heteroatoms. The third kappa shape index (κ3) is 3.69. The fourth-order valence-corrected chi connectivity index (χ4v) is 2.62. The zero-order valence-corrected chi connectivity index (χ0v) is 14.4. The van der Waals surface area contributed by atoms with Crippen LogP contribution in [0.5, 0.6) is 5.75 Å². The van der Waals surface area contributed by atoms with Crippen molar-refractivity contribution in [1.82, 2.24) is 10.6 Å². The Labute approximate surface area is 148 Å². The van der Waals surface area contributed by atoms with Crippen LogP contribution >= 0.6 is 0 Å². The predicted molar refractivity (Wildman–Crippen MR) is 92.9 cm³/mol. The first-order valence-corrected chi connectivity index (χ1v) is 8.09. The van der Waals surface area contributed by atoms with Crippen LogP contribution in [0, 0.1) is 6.92 Å². The summed E-state index contributed by atoms with van der Waals surface area (Å²) in [5, 5.41) is 5.89. The number of amides is 2. The van der Waals surface area contributed by atoms with Gasteiger partial charge in [-0.1, -0.05) is 0 Å². The molecule has 0 aliphatic carbocycles. The van der Waals surface area contributed by atoms with Crippen molar-refractivity contribution < 1.29 is 23.5 Å². The Morgan fingerprint density at radius 3 is 2.85 bits per heavy atom. The fraction of sp³-hybridized carbons (Fsp3) is 0.278. The first-order valence-electron chi connectivity index (χ1n) is 8.09. The van der Waals surface area contributed by atoms with Crippen molar-refractivity contribution in [3.05, 3.63) is 51.5 Å². The second-order valence-electron chi connectivity index (χ2n) is 5.68. The average molecular weight is 358 g/mol. The number of carbonyl (C=O) groups excluding carboxylic acids is 2. The Morgan fingerprint density at radius 2 is 2.08 bits per heavy atom. The van der Waals surface area contributed by atoms with Gasteiger partial charge in [-0.15, -0.1) is 0 Å². The molecule has 2 amide bonds. The summed E-state index contributed by atoms with van der Waals surface area (Å²) in [6.45, 7) is 3.78. The molecule has 1 aromatic heterocycles. The summed E-state index contributed by atoms with van der Waals surface area (Å²) in [5.74, 6) is -0.0755. The molecular weight excluding hydrogens is 340 g/mol. The lowest BCUT2D eigenvalue weighted by Gasteiger charge is -2.21. The van der Waals surface area contributed by atoms with Gasteiger partial charge in [0, 0.05) is 17.5 Å². The molecule has 2 heterocycles. The normalized spacial score (nSPS) is 14.0. The molecule has 8 nitrogen and oxygen atoms in total. The number of aryl methyl sites for hydroxylation is 1. The second-order valence-corrected chi connectivity index (χ2v) is 5.68. The number of rotatable bonds is 5. The van der Waals surface area contributed by atoms with Crippen LogP contribution in [0.4, 0.5) is 4.79 Å². The molecule has 0 bridgehead atoms. The maximum absolute atomic E-state index is 12.0. The topological polar surface area (TPSA) is 107 Å². The van der Waals surface area contributed by atoms with Crippen LogP contribution in [-0.4, -0.2) is 31.8 Å². The number of urea groups is 1. The minimum absolute atomic E-state index is 0.0386. The van der Waals surface area contributed by atoms with E-state index in [1.807, 2.05) is 6.92 Å². The van der Waals surface area contributed by atoms with Gasteiger partial charge in [0.1, 0.15) is 17.9 Å². The summed E-state index contributed by atoms with van der Waals surface area (Å²) < 4.78 is 15.8. The maximum Gasteiger partial charge on any atom is 0.337 e. The highest BCUT2D eigenvalue weighted by Crippen LogP contribution is 2.22. The van der Waals surface area contributed by atoms with Gasteiger partial charge in [0.25, 0.3) is 0 Å². The highest BCUT2D eigenvalue weighted by atomic mass is 16.5. The van der Waals surface area contributed by atoms with Crippen molar-refractivity contribution in [1.29, 1.82) is 0 Å². The van der Waals surface area contributed by atoms with Gasteiger partial charge in [-0.05, 0) is 31.5 Å².